The molecule has 5 rings (SSSR count). The van der Waals surface area contributed by atoms with Gasteiger partial charge in [0.1, 0.15) is 5.69 Å². The molecule has 0 amide bonds. The fourth-order valence-electron chi connectivity index (χ4n) is 3.78. The van der Waals surface area contributed by atoms with Crippen LogP contribution in [-0.2, 0) is 0 Å². The van der Waals surface area contributed by atoms with E-state index in [1.165, 1.54) is 0 Å². The van der Waals surface area contributed by atoms with Gasteiger partial charge in [-0.2, -0.15) is 0 Å². The third-order valence-corrected chi connectivity index (χ3v) is 6.00. The number of rotatable bonds is 4. The van der Waals surface area contributed by atoms with Crippen LogP contribution in [0.2, 0.25) is 0 Å². The molecular formula is C30H19BrN2O. The Morgan fingerprint density at radius 3 is 1.88 bits per heavy atom. The first-order chi connectivity index (χ1) is 16.7. The van der Waals surface area contributed by atoms with Crippen molar-refractivity contribution in [2.24, 2.45) is 0 Å². The molecule has 0 spiro atoms. The Labute approximate surface area is 206 Å². The Kier molecular flexibility index (Phi) is 6.20. The van der Waals surface area contributed by atoms with Crippen molar-refractivity contribution < 1.29 is 4.79 Å². The number of para-hydroxylation sites is 2. The van der Waals surface area contributed by atoms with E-state index in [2.05, 4.69) is 74.1 Å². The predicted molar refractivity (Wildman–Crippen MR) is 142 cm³/mol. The molecule has 0 bridgehead atoms. The lowest BCUT2D eigenvalue weighted by atomic mass is 10.1. The maximum absolute atomic E-state index is 11.0. The van der Waals surface area contributed by atoms with Crippen LogP contribution in [0, 0.1) is 11.8 Å². The molecule has 162 valence electrons. The molecular weight excluding hydrogens is 484 g/mol. The molecule has 0 unspecified atom stereocenters. The molecule has 3 nitrogen and oxygen atoms in total. The normalized spacial score (nSPS) is 10.4. The third kappa shape index (κ3) is 4.61. The summed E-state index contributed by atoms with van der Waals surface area (Å²) in [7, 11) is 0. The highest BCUT2D eigenvalue weighted by Gasteiger charge is 2.11. The molecule has 0 N–H and O–H groups in total. The van der Waals surface area contributed by atoms with Crippen molar-refractivity contribution in [1.29, 1.82) is 0 Å². The maximum Gasteiger partial charge on any atom is 0.168 e. The first kappa shape index (κ1) is 21.6. The van der Waals surface area contributed by atoms with E-state index in [-0.39, 0.29) is 0 Å². The minimum Gasteiger partial charge on any atom is -0.311 e. The predicted octanol–water partition coefficient (Wildman–Crippen LogP) is 7.68. The largest absolute Gasteiger partial charge is 0.311 e. The number of benzene rings is 4. The zero-order chi connectivity index (χ0) is 23.3. The molecule has 34 heavy (non-hydrogen) atoms. The van der Waals surface area contributed by atoms with Crippen molar-refractivity contribution in [3.63, 3.8) is 0 Å². The number of hydrogen-bond acceptors (Lipinski definition) is 3. The van der Waals surface area contributed by atoms with Gasteiger partial charge < -0.3 is 4.90 Å². The molecule has 4 heteroatoms. The van der Waals surface area contributed by atoms with E-state index < -0.39 is 0 Å². The monoisotopic (exact) mass is 502 g/mol. The summed E-state index contributed by atoms with van der Waals surface area (Å²) >= 11 is 3.56. The summed E-state index contributed by atoms with van der Waals surface area (Å²) in [5.41, 5.74) is 6.22. The van der Waals surface area contributed by atoms with Gasteiger partial charge in [-0.3, -0.25) is 4.79 Å². The van der Waals surface area contributed by atoms with Crippen LogP contribution >= 0.6 is 15.9 Å². The summed E-state index contributed by atoms with van der Waals surface area (Å²) in [5.74, 6) is 6.50. The Hall–Kier alpha value is -4.20. The molecule has 0 aliphatic carbocycles. The van der Waals surface area contributed by atoms with Crippen LogP contribution in [0.5, 0.6) is 0 Å². The van der Waals surface area contributed by atoms with E-state index in [4.69, 9.17) is 0 Å². The summed E-state index contributed by atoms with van der Waals surface area (Å²) < 4.78 is 0.815. The fourth-order valence-corrected chi connectivity index (χ4v) is 4.35. The Morgan fingerprint density at radius 2 is 1.26 bits per heavy atom. The summed E-state index contributed by atoms with van der Waals surface area (Å²) in [6.07, 6.45) is 0.750. The number of pyridine rings is 1. The number of anilines is 3. The van der Waals surface area contributed by atoms with E-state index in [1.807, 2.05) is 66.7 Å². The van der Waals surface area contributed by atoms with Gasteiger partial charge in [-0.1, -0.05) is 54.3 Å². The minimum absolute atomic E-state index is 0.409. The van der Waals surface area contributed by atoms with Gasteiger partial charge in [-0.25, -0.2) is 4.98 Å². The third-order valence-electron chi connectivity index (χ3n) is 5.39. The average molecular weight is 503 g/mol. The maximum atomic E-state index is 11.0. The van der Waals surface area contributed by atoms with Crippen LogP contribution in [0.25, 0.3) is 10.9 Å². The number of aromatic nitrogens is 1. The number of carbonyl (C=O) groups excluding carboxylic acids is 1. The van der Waals surface area contributed by atoms with Crippen molar-refractivity contribution in [1.82, 2.24) is 4.98 Å². The summed E-state index contributed by atoms with van der Waals surface area (Å²) in [5, 5.41) is 0.931. The molecule has 0 atom stereocenters. The second kappa shape index (κ2) is 9.74. The molecule has 0 saturated carbocycles. The zero-order valence-electron chi connectivity index (χ0n) is 18.2. The summed E-state index contributed by atoms with van der Waals surface area (Å²) in [6, 6.07) is 36.4. The van der Waals surface area contributed by atoms with Gasteiger partial charge in [0.15, 0.2) is 6.29 Å². The topological polar surface area (TPSA) is 33.2 Å². The second-order valence-electron chi connectivity index (χ2n) is 7.69. The van der Waals surface area contributed by atoms with Gasteiger partial charge in [-0.15, -0.1) is 0 Å². The Bertz CT molecular complexity index is 1480. The average Bonchev–Trinajstić information content (AvgIpc) is 2.89. The van der Waals surface area contributed by atoms with E-state index >= 15 is 0 Å². The zero-order valence-corrected chi connectivity index (χ0v) is 19.7. The second-order valence-corrected chi connectivity index (χ2v) is 8.54. The molecule has 0 saturated heterocycles. The smallest absolute Gasteiger partial charge is 0.168 e. The fraction of sp³-hybridized carbons (Fsp3) is 0. The highest BCUT2D eigenvalue weighted by molar-refractivity contribution is 9.10. The van der Waals surface area contributed by atoms with Gasteiger partial charge in [-0.05, 0) is 82.7 Å². The number of carbonyl (C=O) groups is 1. The number of fused-ring (bicyclic) bond motifs is 1. The molecule has 0 aliphatic heterocycles. The van der Waals surface area contributed by atoms with E-state index in [0.717, 1.165) is 49.9 Å². The quantitative estimate of drug-likeness (QED) is 0.186. The van der Waals surface area contributed by atoms with E-state index in [0.29, 0.717) is 5.69 Å². The number of halogens is 1. The summed E-state index contributed by atoms with van der Waals surface area (Å²) in [6.45, 7) is 0. The molecule has 1 aromatic heterocycles. The minimum atomic E-state index is 0.409. The SMILES string of the molecule is O=Cc1ccc2cc(C#Cc3ccc(N(c4ccccc4)c4ccccc4)cc3)cc(Br)c2n1. The van der Waals surface area contributed by atoms with Gasteiger partial charge in [0, 0.05) is 38.0 Å². The lowest BCUT2D eigenvalue weighted by Gasteiger charge is -2.25. The highest BCUT2D eigenvalue weighted by atomic mass is 79.9. The van der Waals surface area contributed by atoms with Crippen LogP contribution in [0.4, 0.5) is 17.1 Å². The molecule has 0 aliphatic rings. The summed E-state index contributed by atoms with van der Waals surface area (Å²) in [4.78, 5) is 17.6. The number of aldehydes is 1. The van der Waals surface area contributed by atoms with Crippen molar-refractivity contribution in [3.8, 4) is 11.8 Å². The van der Waals surface area contributed by atoms with Crippen molar-refractivity contribution in [2.45, 2.75) is 0 Å². The van der Waals surface area contributed by atoms with Crippen LogP contribution in [0.3, 0.4) is 0 Å². The van der Waals surface area contributed by atoms with Crippen LogP contribution in [0.1, 0.15) is 21.6 Å². The molecule has 4 aromatic carbocycles. The van der Waals surface area contributed by atoms with Gasteiger partial charge in [0.25, 0.3) is 0 Å². The van der Waals surface area contributed by atoms with Crippen molar-refractivity contribution >= 4 is 50.2 Å². The van der Waals surface area contributed by atoms with Gasteiger partial charge in [0.05, 0.1) is 5.52 Å². The molecule has 5 aromatic rings. The Morgan fingerprint density at radius 1 is 0.676 bits per heavy atom. The van der Waals surface area contributed by atoms with E-state index in [9.17, 15) is 4.79 Å². The number of nitrogens with zero attached hydrogens (tertiary/aromatic N) is 2. The van der Waals surface area contributed by atoms with Gasteiger partial charge >= 0.3 is 0 Å². The molecule has 0 fully saturated rings. The molecule has 0 radical (unpaired) electrons. The highest BCUT2D eigenvalue weighted by Crippen LogP contribution is 2.34. The van der Waals surface area contributed by atoms with E-state index in [1.54, 1.807) is 6.07 Å². The van der Waals surface area contributed by atoms with Crippen LogP contribution in [-0.4, -0.2) is 11.3 Å². The van der Waals surface area contributed by atoms with Gasteiger partial charge in [0.2, 0.25) is 0 Å². The lowest BCUT2D eigenvalue weighted by molar-refractivity contribution is 0.111. The number of hydrogen-bond donors (Lipinski definition) is 0. The van der Waals surface area contributed by atoms with Crippen LogP contribution < -0.4 is 4.90 Å². The first-order valence-corrected chi connectivity index (χ1v) is 11.6. The van der Waals surface area contributed by atoms with Crippen molar-refractivity contribution in [3.05, 3.63) is 130 Å². The Balaban J connectivity index is 1.45. The lowest BCUT2D eigenvalue weighted by Crippen LogP contribution is -2.09. The standard InChI is InChI=1S/C30H19BrN2O/c31-29-20-23(19-24-15-16-25(21-34)32-30(24)29)12-11-22-13-17-28(18-14-22)33(26-7-3-1-4-8-26)27-9-5-2-6-10-27/h1-10,13-21H. The van der Waals surface area contributed by atoms with Crippen LogP contribution in [0.15, 0.2) is 114 Å². The first-order valence-electron chi connectivity index (χ1n) is 10.8. The van der Waals surface area contributed by atoms with Crippen molar-refractivity contribution in [2.75, 3.05) is 4.90 Å². The molecule has 1 heterocycles.